The number of hydrogen-bond acceptors (Lipinski definition) is 3. The Hall–Kier alpha value is -1.97. The van der Waals surface area contributed by atoms with E-state index in [4.69, 9.17) is 5.11 Å². The minimum absolute atomic E-state index is 0.0214. The van der Waals surface area contributed by atoms with Gasteiger partial charge in [0.25, 0.3) is 0 Å². The lowest BCUT2D eigenvalue weighted by atomic mass is 10.0. The van der Waals surface area contributed by atoms with Gasteiger partial charge in [0.15, 0.2) is 5.78 Å². The highest BCUT2D eigenvalue weighted by molar-refractivity contribution is 6.02. The van der Waals surface area contributed by atoms with Crippen molar-refractivity contribution in [3.8, 4) is 0 Å². The van der Waals surface area contributed by atoms with Gasteiger partial charge in [0, 0.05) is 12.0 Å². The zero-order valence-corrected chi connectivity index (χ0v) is 7.23. The molecule has 0 amide bonds. The van der Waals surface area contributed by atoms with Crippen molar-refractivity contribution in [3.05, 3.63) is 35.2 Å². The molecule has 4 heteroatoms. The first-order valence-corrected chi connectivity index (χ1v) is 4.12. The Morgan fingerprint density at radius 3 is 2.93 bits per heavy atom. The van der Waals surface area contributed by atoms with Gasteiger partial charge in [-0.05, 0) is 18.2 Å². The van der Waals surface area contributed by atoms with Crippen LogP contribution < -0.4 is 0 Å². The highest BCUT2D eigenvalue weighted by Crippen LogP contribution is 2.17. The predicted molar refractivity (Wildman–Crippen MR) is 49.2 cm³/mol. The molecule has 0 atom stereocenters. The van der Waals surface area contributed by atoms with Crippen LogP contribution in [0.25, 0.3) is 6.08 Å². The summed E-state index contributed by atoms with van der Waals surface area (Å²) in [7, 11) is 0. The van der Waals surface area contributed by atoms with Crippen LogP contribution in [0.2, 0.25) is 0 Å². The molecule has 1 heterocycles. The predicted octanol–water partition coefficient (Wildman–Crippen LogP) is 1.38. The Balaban J connectivity index is 2.56. The van der Waals surface area contributed by atoms with Gasteiger partial charge in [0.2, 0.25) is 0 Å². The fourth-order valence-corrected chi connectivity index (χ4v) is 1.34. The number of allylic oxidation sites excluding steroid dienone is 1. The molecule has 14 heavy (non-hydrogen) atoms. The van der Waals surface area contributed by atoms with Crippen LogP contribution in [0.3, 0.4) is 0 Å². The molecule has 0 aromatic carbocycles. The molecular weight excluding hydrogens is 182 g/mol. The van der Waals surface area contributed by atoms with E-state index < -0.39 is 5.97 Å². The molecule has 1 aliphatic rings. The van der Waals surface area contributed by atoms with Gasteiger partial charge in [0.05, 0.1) is 5.69 Å². The van der Waals surface area contributed by atoms with Crippen molar-refractivity contribution >= 4 is 17.8 Å². The molecule has 0 fully saturated rings. The quantitative estimate of drug-likeness (QED) is 0.724. The molecule has 0 unspecified atom stereocenters. The molecule has 70 valence electrons. The molecule has 0 aliphatic heterocycles. The van der Waals surface area contributed by atoms with Crippen LogP contribution in [-0.2, 0) is 0 Å². The molecule has 0 bridgehead atoms. The normalized spacial score (nSPS) is 13.9. The van der Waals surface area contributed by atoms with Crippen molar-refractivity contribution < 1.29 is 14.7 Å². The van der Waals surface area contributed by atoms with E-state index in [0.717, 1.165) is 0 Å². The maximum Gasteiger partial charge on any atom is 0.354 e. The number of Topliss-reactive ketones (excluding diaryl/α,β-unsaturated/α-hetero) is 1. The summed E-state index contributed by atoms with van der Waals surface area (Å²) < 4.78 is 0. The molecule has 1 aromatic heterocycles. The van der Waals surface area contributed by atoms with Gasteiger partial charge in [0.1, 0.15) is 5.69 Å². The summed E-state index contributed by atoms with van der Waals surface area (Å²) >= 11 is 0. The summed E-state index contributed by atoms with van der Waals surface area (Å²) in [6.07, 6.45) is 3.72. The Bertz CT molecular complexity index is 449. The largest absolute Gasteiger partial charge is 0.477 e. The molecular formula is C10H7NO3. The fourth-order valence-electron chi connectivity index (χ4n) is 1.34. The summed E-state index contributed by atoms with van der Waals surface area (Å²) in [6, 6.07) is 2.86. The Kier molecular flexibility index (Phi) is 1.89. The Labute approximate surface area is 79.9 Å². The number of carboxylic acid groups (broad SMARTS) is 1. The topological polar surface area (TPSA) is 67.3 Å². The third-order valence-electron chi connectivity index (χ3n) is 2.02. The maximum atomic E-state index is 11.3. The number of rotatable bonds is 1. The summed E-state index contributed by atoms with van der Waals surface area (Å²) in [6.45, 7) is 0. The number of carbonyl (C=O) groups is 2. The highest BCUT2D eigenvalue weighted by Gasteiger charge is 2.16. The van der Waals surface area contributed by atoms with Gasteiger partial charge in [-0.3, -0.25) is 4.79 Å². The van der Waals surface area contributed by atoms with Gasteiger partial charge < -0.3 is 5.11 Å². The van der Waals surface area contributed by atoms with Crippen LogP contribution in [0.15, 0.2) is 18.2 Å². The smallest absolute Gasteiger partial charge is 0.354 e. The third-order valence-corrected chi connectivity index (χ3v) is 2.02. The SMILES string of the molecule is O=C(O)c1ccc2c(n1)C=CCC2=O. The Morgan fingerprint density at radius 2 is 2.21 bits per heavy atom. The van der Waals surface area contributed by atoms with Crippen molar-refractivity contribution in [1.29, 1.82) is 0 Å². The van der Waals surface area contributed by atoms with Crippen LogP contribution in [-0.4, -0.2) is 21.8 Å². The van der Waals surface area contributed by atoms with E-state index in [1.807, 2.05) is 0 Å². The van der Waals surface area contributed by atoms with Gasteiger partial charge in [-0.2, -0.15) is 0 Å². The molecule has 0 saturated carbocycles. The third kappa shape index (κ3) is 1.31. The molecule has 0 spiro atoms. The first kappa shape index (κ1) is 8.62. The molecule has 4 nitrogen and oxygen atoms in total. The fraction of sp³-hybridized carbons (Fsp3) is 0.100. The van der Waals surface area contributed by atoms with E-state index in [-0.39, 0.29) is 11.5 Å². The number of fused-ring (bicyclic) bond motifs is 1. The van der Waals surface area contributed by atoms with Gasteiger partial charge >= 0.3 is 5.97 Å². The lowest BCUT2D eigenvalue weighted by molar-refractivity contribution is 0.0689. The number of carboxylic acids is 1. The van der Waals surface area contributed by atoms with E-state index in [0.29, 0.717) is 17.7 Å². The van der Waals surface area contributed by atoms with E-state index in [9.17, 15) is 9.59 Å². The lowest BCUT2D eigenvalue weighted by Crippen LogP contribution is -2.09. The summed E-state index contributed by atoms with van der Waals surface area (Å²) in [4.78, 5) is 25.8. The number of aromatic carboxylic acids is 1. The van der Waals surface area contributed by atoms with Crippen LogP contribution >= 0.6 is 0 Å². The number of ketones is 1. The molecule has 1 aromatic rings. The number of aromatic nitrogens is 1. The van der Waals surface area contributed by atoms with Gasteiger partial charge in [-0.1, -0.05) is 6.08 Å². The van der Waals surface area contributed by atoms with Crippen molar-refractivity contribution in [2.75, 3.05) is 0 Å². The van der Waals surface area contributed by atoms with Crippen molar-refractivity contribution in [3.63, 3.8) is 0 Å². The van der Waals surface area contributed by atoms with E-state index in [1.165, 1.54) is 12.1 Å². The van der Waals surface area contributed by atoms with Gasteiger partial charge in [-0.15, -0.1) is 0 Å². The maximum absolute atomic E-state index is 11.3. The average molecular weight is 189 g/mol. The second kappa shape index (κ2) is 3.06. The second-order valence-electron chi connectivity index (χ2n) is 2.96. The van der Waals surface area contributed by atoms with Gasteiger partial charge in [-0.25, -0.2) is 9.78 Å². The zero-order valence-electron chi connectivity index (χ0n) is 7.23. The summed E-state index contributed by atoms with van der Waals surface area (Å²) in [5.41, 5.74) is 0.904. The van der Waals surface area contributed by atoms with E-state index in [2.05, 4.69) is 4.98 Å². The summed E-state index contributed by atoms with van der Waals surface area (Å²) in [5.74, 6) is -1.11. The first-order valence-electron chi connectivity index (χ1n) is 4.12. The highest BCUT2D eigenvalue weighted by atomic mass is 16.4. The minimum atomic E-state index is -1.08. The molecule has 1 N–H and O–H groups in total. The average Bonchev–Trinajstić information content (AvgIpc) is 2.17. The first-order chi connectivity index (χ1) is 6.68. The van der Waals surface area contributed by atoms with Crippen molar-refractivity contribution in [1.82, 2.24) is 4.98 Å². The molecule has 0 saturated heterocycles. The van der Waals surface area contributed by atoms with Crippen LogP contribution in [0.4, 0.5) is 0 Å². The number of pyridine rings is 1. The van der Waals surface area contributed by atoms with Crippen molar-refractivity contribution in [2.24, 2.45) is 0 Å². The lowest BCUT2D eigenvalue weighted by Gasteiger charge is -2.08. The molecule has 2 rings (SSSR count). The second-order valence-corrected chi connectivity index (χ2v) is 2.96. The zero-order chi connectivity index (χ0) is 10.1. The Morgan fingerprint density at radius 1 is 1.43 bits per heavy atom. The number of hydrogen-bond donors (Lipinski definition) is 1. The standard InChI is InChI=1S/C10H7NO3/c12-9-3-1-2-7-6(9)4-5-8(11-7)10(13)14/h1-2,4-5H,3H2,(H,13,14). The van der Waals surface area contributed by atoms with Crippen LogP contribution in [0, 0.1) is 0 Å². The summed E-state index contributed by atoms with van der Waals surface area (Å²) in [5, 5.41) is 8.68. The minimum Gasteiger partial charge on any atom is -0.477 e. The van der Waals surface area contributed by atoms with E-state index in [1.54, 1.807) is 12.2 Å². The van der Waals surface area contributed by atoms with Crippen LogP contribution in [0.1, 0.15) is 33.0 Å². The number of nitrogens with zero attached hydrogens (tertiary/aromatic N) is 1. The monoisotopic (exact) mass is 189 g/mol. The van der Waals surface area contributed by atoms with Crippen molar-refractivity contribution in [2.45, 2.75) is 6.42 Å². The van der Waals surface area contributed by atoms with Crippen LogP contribution in [0.5, 0.6) is 0 Å². The number of carbonyl (C=O) groups excluding carboxylic acids is 1. The molecule has 1 aliphatic carbocycles. The van der Waals surface area contributed by atoms with E-state index >= 15 is 0 Å². The molecule has 0 radical (unpaired) electrons.